The van der Waals surface area contributed by atoms with Crippen molar-refractivity contribution < 1.29 is 9.53 Å². The van der Waals surface area contributed by atoms with Gasteiger partial charge in [-0.15, -0.1) is 0 Å². The van der Waals surface area contributed by atoms with Crippen molar-refractivity contribution in [3.8, 4) is 0 Å². The van der Waals surface area contributed by atoms with Gasteiger partial charge in [0.15, 0.2) is 0 Å². The predicted molar refractivity (Wildman–Crippen MR) is 88.3 cm³/mol. The first-order valence-corrected chi connectivity index (χ1v) is 7.53. The third-order valence-electron chi connectivity index (χ3n) is 3.31. The molecule has 0 atom stereocenters. The minimum absolute atomic E-state index is 0.298. The lowest BCUT2D eigenvalue weighted by Gasteiger charge is -2.14. The highest BCUT2D eigenvalue weighted by Gasteiger charge is 2.06. The quantitative estimate of drug-likeness (QED) is 0.777. The van der Waals surface area contributed by atoms with Crippen LogP contribution in [-0.2, 0) is 4.74 Å². The molecule has 3 nitrogen and oxygen atoms in total. The standard InChI is InChI=1S/C18H27NO2/c1-13(2)11-19-12-17(14(3)4)10-15-6-8-16(9-7-15)18(20)21-5/h6-10,13-14,19H,11-12H2,1-5H3. The molecule has 3 heteroatoms. The van der Waals surface area contributed by atoms with Crippen LogP contribution in [0.15, 0.2) is 29.8 Å². The fraction of sp³-hybridized carbons (Fsp3) is 0.500. The third-order valence-corrected chi connectivity index (χ3v) is 3.31. The summed E-state index contributed by atoms with van der Waals surface area (Å²) in [7, 11) is 1.40. The SMILES string of the molecule is COC(=O)c1ccc(C=C(CNCC(C)C)C(C)C)cc1. The van der Waals surface area contributed by atoms with E-state index in [0.717, 1.165) is 18.7 Å². The smallest absolute Gasteiger partial charge is 0.337 e. The molecule has 0 radical (unpaired) electrons. The van der Waals surface area contributed by atoms with Crippen LogP contribution in [-0.4, -0.2) is 26.2 Å². The van der Waals surface area contributed by atoms with Crippen LogP contribution in [0, 0.1) is 11.8 Å². The van der Waals surface area contributed by atoms with E-state index in [1.54, 1.807) is 12.1 Å². The number of hydrogen-bond donors (Lipinski definition) is 1. The highest BCUT2D eigenvalue weighted by molar-refractivity contribution is 5.89. The molecule has 0 saturated carbocycles. The fourth-order valence-corrected chi connectivity index (χ4v) is 1.97. The number of nitrogens with one attached hydrogen (secondary N) is 1. The maximum atomic E-state index is 11.4. The van der Waals surface area contributed by atoms with Gasteiger partial charge in [0, 0.05) is 6.54 Å². The molecule has 0 fully saturated rings. The molecule has 0 aliphatic rings. The Hall–Kier alpha value is -1.61. The Morgan fingerprint density at radius 1 is 1.19 bits per heavy atom. The molecule has 0 aliphatic heterocycles. The van der Waals surface area contributed by atoms with Gasteiger partial charge in [-0.25, -0.2) is 4.79 Å². The Balaban J connectivity index is 2.78. The largest absolute Gasteiger partial charge is 0.465 e. The highest BCUT2D eigenvalue weighted by Crippen LogP contribution is 2.15. The molecule has 116 valence electrons. The van der Waals surface area contributed by atoms with Crippen molar-refractivity contribution in [1.82, 2.24) is 5.32 Å². The van der Waals surface area contributed by atoms with Gasteiger partial charge < -0.3 is 10.1 Å². The van der Waals surface area contributed by atoms with Crippen LogP contribution in [0.1, 0.15) is 43.6 Å². The minimum Gasteiger partial charge on any atom is -0.465 e. The number of ether oxygens (including phenoxy) is 1. The molecule has 1 rings (SSSR count). The average molecular weight is 289 g/mol. The molecule has 0 heterocycles. The van der Waals surface area contributed by atoms with E-state index in [1.807, 2.05) is 12.1 Å². The zero-order chi connectivity index (χ0) is 15.8. The van der Waals surface area contributed by atoms with E-state index >= 15 is 0 Å². The lowest BCUT2D eigenvalue weighted by atomic mass is 9.99. The van der Waals surface area contributed by atoms with Crippen LogP contribution in [0.4, 0.5) is 0 Å². The third kappa shape index (κ3) is 6.13. The van der Waals surface area contributed by atoms with Crippen LogP contribution in [0.5, 0.6) is 0 Å². The van der Waals surface area contributed by atoms with Crippen LogP contribution >= 0.6 is 0 Å². The summed E-state index contributed by atoms with van der Waals surface area (Å²) in [6.07, 6.45) is 2.19. The summed E-state index contributed by atoms with van der Waals surface area (Å²) in [6.45, 7) is 10.7. The number of methoxy groups -OCH3 is 1. The Labute approximate surface area is 128 Å². The van der Waals surface area contributed by atoms with Crippen molar-refractivity contribution in [3.05, 3.63) is 41.0 Å². The highest BCUT2D eigenvalue weighted by atomic mass is 16.5. The summed E-state index contributed by atoms with van der Waals surface area (Å²) < 4.78 is 4.71. The van der Waals surface area contributed by atoms with Crippen LogP contribution in [0.2, 0.25) is 0 Å². The maximum Gasteiger partial charge on any atom is 0.337 e. The van der Waals surface area contributed by atoms with Gasteiger partial charge in [-0.2, -0.15) is 0 Å². The zero-order valence-corrected chi connectivity index (χ0v) is 13.8. The van der Waals surface area contributed by atoms with Crippen molar-refractivity contribution in [2.45, 2.75) is 27.7 Å². The van der Waals surface area contributed by atoms with Gasteiger partial charge in [-0.1, -0.05) is 51.5 Å². The number of rotatable bonds is 7. The molecule has 1 N–H and O–H groups in total. The van der Waals surface area contributed by atoms with Gasteiger partial charge in [-0.05, 0) is 36.1 Å². The number of esters is 1. The second kappa shape index (κ2) is 8.63. The number of carbonyl (C=O) groups is 1. The molecule has 0 spiro atoms. The van der Waals surface area contributed by atoms with Crippen molar-refractivity contribution in [2.75, 3.05) is 20.2 Å². The predicted octanol–water partition coefficient (Wildman–Crippen LogP) is 3.76. The molecule has 1 aromatic rings. The average Bonchev–Trinajstić information content (AvgIpc) is 2.45. The summed E-state index contributed by atoms with van der Waals surface area (Å²) in [6, 6.07) is 7.52. The van der Waals surface area contributed by atoms with E-state index in [4.69, 9.17) is 4.74 Å². The molecule has 0 bridgehead atoms. The number of carbonyl (C=O) groups excluding carboxylic acids is 1. The summed E-state index contributed by atoms with van der Waals surface area (Å²) >= 11 is 0. The van der Waals surface area contributed by atoms with Crippen molar-refractivity contribution >= 4 is 12.0 Å². The molecule has 0 amide bonds. The first kappa shape index (κ1) is 17.4. The lowest BCUT2D eigenvalue weighted by molar-refractivity contribution is 0.0600. The van der Waals surface area contributed by atoms with E-state index in [-0.39, 0.29) is 5.97 Å². The number of benzene rings is 1. The van der Waals surface area contributed by atoms with E-state index in [0.29, 0.717) is 17.4 Å². The molecule has 21 heavy (non-hydrogen) atoms. The molecule has 0 saturated heterocycles. The Bertz CT molecular complexity index is 472. The lowest BCUT2D eigenvalue weighted by Crippen LogP contribution is -2.23. The van der Waals surface area contributed by atoms with E-state index in [2.05, 4.69) is 39.1 Å². The Morgan fingerprint density at radius 2 is 1.81 bits per heavy atom. The number of hydrogen-bond acceptors (Lipinski definition) is 3. The first-order chi connectivity index (χ1) is 9.93. The van der Waals surface area contributed by atoms with Gasteiger partial charge in [0.1, 0.15) is 0 Å². The zero-order valence-electron chi connectivity index (χ0n) is 13.8. The summed E-state index contributed by atoms with van der Waals surface area (Å²) in [5.74, 6) is 0.843. The van der Waals surface area contributed by atoms with Gasteiger partial charge in [0.25, 0.3) is 0 Å². The summed E-state index contributed by atoms with van der Waals surface area (Å²) in [4.78, 5) is 11.4. The van der Waals surface area contributed by atoms with Crippen LogP contribution < -0.4 is 5.32 Å². The molecular formula is C18H27NO2. The molecule has 1 aromatic carbocycles. The molecule has 0 aromatic heterocycles. The minimum atomic E-state index is -0.298. The van der Waals surface area contributed by atoms with Gasteiger partial charge in [0.2, 0.25) is 0 Å². The van der Waals surface area contributed by atoms with Gasteiger partial charge in [0.05, 0.1) is 12.7 Å². The van der Waals surface area contributed by atoms with Crippen molar-refractivity contribution in [1.29, 1.82) is 0 Å². The van der Waals surface area contributed by atoms with Crippen LogP contribution in [0.3, 0.4) is 0 Å². The first-order valence-electron chi connectivity index (χ1n) is 7.53. The monoisotopic (exact) mass is 289 g/mol. The maximum absolute atomic E-state index is 11.4. The normalized spacial score (nSPS) is 12.0. The van der Waals surface area contributed by atoms with Crippen LogP contribution in [0.25, 0.3) is 6.08 Å². The second-order valence-corrected chi connectivity index (χ2v) is 6.01. The van der Waals surface area contributed by atoms with E-state index < -0.39 is 0 Å². The van der Waals surface area contributed by atoms with Crippen molar-refractivity contribution in [2.24, 2.45) is 11.8 Å². The molecule has 0 aliphatic carbocycles. The molecular weight excluding hydrogens is 262 g/mol. The topological polar surface area (TPSA) is 38.3 Å². The second-order valence-electron chi connectivity index (χ2n) is 6.01. The van der Waals surface area contributed by atoms with Gasteiger partial charge in [-0.3, -0.25) is 0 Å². The molecule has 0 unspecified atom stereocenters. The van der Waals surface area contributed by atoms with Gasteiger partial charge >= 0.3 is 5.97 Å². The summed E-state index contributed by atoms with van der Waals surface area (Å²) in [5, 5.41) is 3.48. The van der Waals surface area contributed by atoms with E-state index in [1.165, 1.54) is 12.7 Å². The summed E-state index contributed by atoms with van der Waals surface area (Å²) in [5.41, 5.74) is 3.05. The fourth-order valence-electron chi connectivity index (χ4n) is 1.97. The van der Waals surface area contributed by atoms with E-state index in [9.17, 15) is 4.79 Å². The Kier molecular flexibility index (Phi) is 7.17. The Morgan fingerprint density at radius 3 is 2.29 bits per heavy atom. The van der Waals surface area contributed by atoms with Crippen molar-refractivity contribution in [3.63, 3.8) is 0 Å².